The number of aliphatic hydroxyl groups is 1. The predicted molar refractivity (Wildman–Crippen MR) is 41.9 cm³/mol. The highest BCUT2D eigenvalue weighted by Crippen LogP contribution is 2.28. The van der Waals surface area contributed by atoms with Crippen molar-refractivity contribution in [2.24, 2.45) is 5.92 Å². The van der Waals surface area contributed by atoms with E-state index in [1.807, 2.05) is 0 Å². The van der Waals surface area contributed by atoms with Gasteiger partial charge in [-0.2, -0.15) is 0 Å². The Bertz CT molecular complexity index is 189. The normalized spacial score (nSPS) is 27.8. The molecule has 0 heterocycles. The second-order valence-electron chi connectivity index (χ2n) is 3.05. The second-order valence-corrected chi connectivity index (χ2v) is 3.05. The minimum Gasteiger partial charge on any atom is -0.391 e. The van der Waals surface area contributed by atoms with E-state index < -0.39 is 0 Å². The summed E-state index contributed by atoms with van der Waals surface area (Å²) in [5.74, 6) is 0.368. The van der Waals surface area contributed by atoms with Crippen LogP contribution in [0.3, 0.4) is 0 Å². The smallest absolute Gasteiger partial charge is 0.249 e. The van der Waals surface area contributed by atoms with Crippen LogP contribution >= 0.6 is 0 Å². The fourth-order valence-electron chi connectivity index (χ4n) is 0.865. The molecule has 0 radical (unpaired) electrons. The van der Waals surface area contributed by atoms with Gasteiger partial charge in [0, 0.05) is 11.6 Å². The molecule has 2 atom stereocenters. The third-order valence-electron chi connectivity index (χ3n) is 1.94. The number of carbonyl (C=O) groups is 1. The van der Waals surface area contributed by atoms with Crippen LogP contribution in [0.1, 0.15) is 13.3 Å². The number of aliphatic hydroxyl groups excluding tert-OH is 1. The van der Waals surface area contributed by atoms with Crippen LogP contribution in [0.5, 0.6) is 0 Å². The maximum atomic E-state index is 11.0. The molecule has 0 aromatic heterocycles. The van der Waals surface area contributed by atoms with Crippen LogP contribution in [0.2, 0.25) is 0 Å². The lowest BCUT2D eigenvalue weighted by atomic mass is 10.3. The Balaban J connectivity index is 2.26. The van der Waals surface area contributed by atoms with E-state index in [2.05, 4.69) is 18.8 Å². The van der Waals surface area contributed by atoms with Crippen molar-refractivity contribution >= 4 is 5.91 Å². The van der Waals surface area contributed by atoms with Crippen molar-refractivity contribution in [2.45, 2.75) is 19.4 Å². The Labute approximate surface area is 66.1 Å². The van der Waals surface area contributed by atoms with Crippen LogP contribution in [-0.2, 0) is 4.79 Å². The number of rotatable bonds is 3. The summed E-state index contributed by atoms with van der Waals surface area (Å²) in [7, 11) is 0. The van der Waals surface area contributed by atoms with Gasteiger partial charge in [-0.05, 0) is 12.3 Å². The molecule has 1 aliphatic carbocycles. The Morgan fingerprint density at radius 3 is 2.73 bits per heavy atom. The SMILES string of the molecule is C=C(CO)C(=O)NC1CC1C. The Kier molecular flexibility index (Phi) is 2.29. The number of nitrogens with one attached hydrogen (secondary N) is 1. The van der Waals surface area contributed by atoms with Crippen LogP contribution in [0, 0.1) is 5.92 Å². The first-order chi connectivity index (χ1) is 5.15. The van der Waals surface area contributed by atoms with E-state index in [0.717, 1.165) is 6.42 Å². The van der Waals surface area contributed by atoms with Gasteiger partial charge in [0.1, 0.15) is 0 Å². The highest BCUT2D eigenvalue weighted by Gasteiger charge is 2.33. The van der Waals surface area contributed by atoms with E-state index >= 15 is 0 Å². The molecular formula is C8H13NO2. The van der Waals surface area contributed by atoms with Crippen molar-refractivity contribution in [3.63, 3.8) is 0 Å². The maximum Gasteiger partial charge on any atom is 0.249 e. The monoisotopic (exact) mass is 155 g/mol. The van der Waals surface area contributed by atoms with Crippen molar-refractivity contribution in [3.8, 4) is 0 Å². The number of hydrogen-bond donors (Lipinski definition) is 2. The Hall–Kier alpha value is -0.830. The van der Waals surface area contributed by atoms with Gasteiger partial charge < -0.3 is 10.4 Å². The first-order valence-electron chi connectivity index (χ1n) is 3.74. The van der Waals surface area contributed by atoms with Gasteiger partial charge in [0.2, 0.25) is 5.91 Å². The van der Waals surface area contributed by atoms with E-state index in [-0.39, 0.29) is 18.1 Å². The first-order valence-corrected chi connectivity index (χ1v) is 3.74. The van der Waals surface area contributed by atoms with E-state index in [9.17, 15) is 4.79 Å². The van der Waals surface area contributed by atoms with Gasteiger partial charge in [-0.15, -0.1) is 0 Å². The summed E-state index contributed by atoms with van der Waals surface area (Å²) < 4.78 is 0. The van der Waals surface area contributed by atoms with Crippen LogP contribution in [0.15, 0.2) is 12.2 Å². The van der Waals surface area contributed by atoms with E-state index in [0.29, 0.717) is 12.0 Å². The summed E-state index contributed by atoms with van der Waals surface area (Å²) in [5.41, 5.74) is 0.240. The molecule has 62 valence electrons. The lowest BCUT2D eigenvalue weighted by molar-refractivity contribution is -0.118. The summed E-state index contributed by atoms with van der Waals surface area (Å²) in [4.78, 5) is 11.0. The largest absolute Gasteiger partial charge is 0.391 e. The zero-order valence-electron chi connectivity index (χ0n) is 6.63. The summed E-state index contributed by atoms with van der Waals surface area (Å²) in [6, 6.07) is 0.311. The molecule has 0 aromatic rings. The second kappa shape index (κ2) is 3.05. The first kappa shape index (κ1) is 8.27. The Morgan fingerprint density at radius 2 is 2.36 bits per heavy atom. The van der Waals surface area contributed by atoms with Gasteiger partial charge in [-0.1, -0.05) is 13.5 Å². The van der Waals surface area contributed by atoms with Gasteiger partial charge in [-0.25, -0.2) is 0 Å². The quantitative estimate of drug-likeness (QED) is 0.566. The van der Waals surface area contributed by atoms with Crippen LogP contribution in [0.25, 0.3) is 0 Å². The summed E-state index contributed by atoms with van der Waals surface area (Å²) in [6.07, 6.45) is 1.05. The molecule has 0 bridgehead atoms. The molecular weight excluding hydrogens is 142 g/mol. The average molecular weight is 155 g/mol. The lowest BCUT2D eigenvalue weighted by Crippen LogP contribution is -2.28. The maximum absolute atomic E-state index is 11.0. The molecule has 0 saturated heterocycles. The molecule has 0 aliphatic heterocycles. The third kappa shape index (κ3) is 2.05. The molecule has 2 N–H and O–H groups in total. The minimum atomic E-state index is -0.257. The molecule has 3 nitrogen and oxygen atoms in total. The van der Waals surface area contributed by atoms with Gasteiger partial charge in [0.25, 0.3) is 0 Å². The molecule has 0 spiro atoms. The van der Waals surface area contributed by atoms with E-state index in [1.54, 1.807) is 0 Å². The molecule has 1 aliphatic rings. The molecule has 0 aromatic carbocycles. The summed E-state index contributed by atoms with van der Waals surface area (Å²) in [5, 5.41) is 11.3. The standard InChI is InChI=1S/C8H13NO2/c1-5-3-7(5)9-8(11)6(2)4-10/h5,7,10H,2-4H2,1H3,(H,9,11). The van der Waals surface area contributed by atoms with Crippen LogP contribution in [0.4, 0.5) is 0 Å². The molecule has 1 fully saturated rings. The molecule has 3 heteroatoms. The molecule has 11 heavy (non-hydrogen) atoms. The van der Waals surface area contributed by atoms with Gasteiger partial charge in [0.05, 0.1) is 6.61 Å². The van der Waals surface area contributed by atoms with Crippen LogP contribution in [-0.4, -0.2) is 23.7 Å². The van der Waals surface area contributed by atoms with Gasteiger partial charge >= 0.3 is 0 Å². The number of carbonyl (C=O) groups excluding carboxylic acids is 1. The fourth-order valence-corrected chi connectivity index (χ4v) is 0.865. The van der Waals surface area contributed by atoms with Crippen molar-refractivity contribution in [1.82, 2.24) is 5.32 Å². The van der Waals surface area contributed by atoms with Crippen molar-refractivity contribution in [1.29, 1.82) is 0 Å². The van der Waals surface area contributed by atoms with Crippen molar-refractivity contribution in [3.05, 3.63) is 12.2 Å². The van der Waals surface area contributed by atoms with Gasteiger partial charge in [-0.3, -0.25) is 4.79 Å². The molecule has 1 amide bonds. The topological polar surface area (TPSA) is 49.3 Å². The van der Waals surface area contributed by atoms with Gasteiger partial charge in [0.15, 0.2) is 0 Å². The summed E-state index contributed by atoms with van der Waals surface area (Å²) >= 11 is 0. The van der Waals surface area contributed by atoms with Crippen molar-refractivity contribution in [2.75, 3.05) is 6.61 Å². The lowest BCUT2D eigenvalue weighted by Gasteiger charge is -2.02. The fraction of sp³-hybridized carbons (Fsp3) is 0.625. The Morgan fingerprint density at radius 1 is 1.82 bits per heavy atom. The van der Waals surface area contributed by atoms with E-state index in [4.69, 9.17) is 5.11 Å². The van der Waals surface area contributed by atoms with Crippen molar-refractivity contribution < 1.29 is 9.90 Å². The highest BCUT2D eigenvalue weighted by molar-refractivity contribution is 5.93. The minimum absolute atomic E-state index is 0.221. The number of amides is 1. The number of hydrogen-bond acceptors (Lipinski definition) is 2. The highest BCUT2D eigenvalue weighted by atomic mass is 16.3. The predicted octanol–water partition coefficient (Wildman–Crippen LogP) is 0.0595. The van der Waals surface area contributed by atoms with Crippen LogP contribution < -0.4 is 5.32 Å². The molecule has 1 saturated carbocycles. The zero-order chi connectivity index (χ0) is 8.43. The molecule has 1 rings (SSSR count). The summed E-state index contributed by atoms with van der Waals surface area (Å²) in [6.45, 7) is 5.24. The van der Waals surface area contributed by atoms with E-state index in [1.165, 1.54) is 0 Å². The average Bonchev–Trinajstić information content (AvgIpc) is 2.65. The molecule has 2 unspecified atom stereocenters. The zero-order valence-corrected chi connectivity index (χ0v) is 6.63. The third-order valence-corrected chi connectivity index (χ3v) is 1.94.